The van der Waals surface area contributed by atoms with Gasteiger partial charge in [-0.1, -0.05) is 0 Å². The van der Waals surface area contributed by atoms with Crippen molar-refractivity contribution in [1.82, 2.24) is 4.90 Å². The van der Waals surface area contributed by atoms with Crippen molar-refractivity contribution in [3.05, 3.63) is 0 Å². The highest BCUT2D eigenvalue weighted by Crippen LogP contribution is 2.21. The van der Waals surface area contributed by atoms with Crippen LogP contribution >= 0.6 is 0 Å². The molecular weight excluding hydrogens is 249 g/mol. The average molecular weight is 268 g/mol. The normalized spacial score (nSPS) is 25.3. The maximum atomic E-state index is 11.9. The van der Waals surface area contributed by atoms with Gasteiger partial charge in [0, 0.05) is 12.6 Å². The summed E-state index contributed by atoms with van der Waals surface area (Å²) in [6, 6.07) is 0.0368. The lowest BCUT2D eigenvalue weighted by Gasteiger charge is -2.37. The van der Waals surface area contributed by atoms with Gasteiger partial charge < -0.3 is 15.4 Å². The van der Waals surface area contributed by atoms with Crippen molar-refractivity contribution in [2.24, 2.45) is 11.7 Å². The molecule has 0 aliphatic carbocycles. The fraction of sp³-hybridized carbons (Fsp3) is 0.909. The molecular formula is C11H19F3N2O2. The number of piperidine rings is 1. The third-order valence-corrected chi connectivity index (χ3v) is 3.12. The van der Waals surface area contributed by atoms with Crippen molar-refractivity contribution >= 4 is 5.91 Å². The molecule has 0 radical (unpaired) electrons. The summed E-state index contributed by atoms with van der Waals surface area (Å²) in [7, 11) is 0. The molecule has 1 amide bonds. The minimum absolute atomic E-state index is 0.0368. The number of hydrogen-bond acceptors (Lipinski definition) is 3. The van der Waals surface area contributed by atoms with E-state index in [4.69, 9.17) is 5.73 Å². The fourth-order valence-corrected chi connectivity index (χ4v) is 2.06. The number of nitrogens with two attached hydrogens (primary N) is 1. The second-order valence-corrected chi connectivity index (χ2v) is 4.68. The van der Waals surface area contributed by atoms with Crippen LogP contribution in [0.25, 0.3) is 0 Å². The largest absolute Gasteiger partial charge is 0.411 e. The first-order valence-electron chi connectivity index (χ1n) is 5.97. The number of halogens is 3. The second-order valence-electron chi connectivity index (χ2n) is 4.68. The highest BCUT2D eigenvalue weighted by Gasteiger charge is 2.31. The van der Waals surface area contributed by atoms with E-state index in [2.05, 4.69) is 4.74 Å². The standard InChI is InChI=1S/C11H19F3N2O2/c1-8-2-3-9(4-15)5-16(8)10(17)6-18-7-11(12,13)14/h8-9H,2-7,15H2,1H3. The zero-order valence-corrected chi connectivity index (χ0v) is 10.4. The molecule has 2 unspecified atom stereocenters. The van der Waals surface area contributed by atoms with Gasteiger partial charge in [0.1, 0.15) is 13.2 Å². The molecule has 4 nitrogen and oxygen atoms in total. The van der Waals surface area contributed by atoms with Crippen LogP contribution < -0.4 is 5.73 Å². The van der Waals surface area contributed by atoms with Gasteiger partial charge in [-0.3, -0.25) is 4.79 Å². The van der Waals surface area contributed by atoms with Gasteiger partial charge in [0.05, 0.1) is 0 Å². The van der Waals surface area contributed by atoms with E-state index in [1.54, 1.807) is 4.90 Å². The van der Waals surface area contributed by atoms with E-state index < -0.39 is 25.3 Å². The molecule has 1 rings (SSSR count). The molecule has 1 heterocycles. The van der Waals surface area contributed by atoms with Crippen molar-refractivity contribution in [3.63, 3.8) is 0 Å². The van der Waals surface area contributed by atoms with E-state index in [9.17, 15) is 18.0 Å². The Bertz CT molecular complexity index is 284. The minimum Gasteiger partial charge on any atom is -0.362 e. The summed E-state index contributed by atoms with van der Waals surface area (Å²) < 4.78 is 40.0. The first-order chi connectivity index (χ1) is 8.33. The Morgan fingerprint density at radius 2 is 2.11 bits per heavy atom. The van der Waals surface area contributed by atoms with E-state index in [1.807, 2.05) is 6.92 Å². The molecule has 0 bridgehead atoms. The molecule has 1 saturated heterocycles. The van der Waals surface area contributed by atoms with Crippen LogP contribution in [0.15, 0.2) is 0 Å². The van der Waals surface area contributed by atoms with Crippen LogP contribution in [0, 0.1) is 5.92 Å². The topological polar surface area (TPSA) is 55.6 Å². The molecule has 0 saturated carbocycles. The van der Waals surface area contributed by atoms with Crippen molar-refractivity contribution in [1.29, 1.82) is 0 Å². The van der Waals surface area contributed by atoms with Gasteiger partial charge in [0.2, 0.25) is 5.91 Å². The van der Waals surface area contributed by atoms with E-state index in [-0.39, 0.29) is 12.0 Å². The van der Waals surface area contributed by atoms with E-state index in [1.165, 1.54) is 0 Å². The Balaban J connectivity index is 2.39. The summed E-state index contributed by atoms with van der Waals surface area (Å²) in [6.45, 7) is 0.961. The number of alkyl halides is 3. The molecule has 2 atom stereocenters. The van der Waals surface area contributed by atoms with Crippen LogP contribution in [0.3, 0.4) is 0 Å². The predicted molar refractivity (Wildman–Crippen MR) is 59.8 cm³/mol. The number of rotatable bonds is 4. The summed E-state index contributed by atoms with van der Waals surface area (Å²) in [4.78, 5) is 13.3. The zero-order valence-electron chi connectivity index (χ0n) is 10.4. The summed E-state index contributed by atoms with van der Waals surface area (Å²) >= 11 is 0. The van der Waals surface area contributed by atoms with E-state index in [0.717, 1.165) is 12.8 Å². The van der Waals surface area contributed by atoms with Gasteiger partial charge >= 0.3 is 6.18 Å². The van der Waals surface area contributed by atoms with E-state index in [0.29, 0.717) is 13.1 Å². The van der Waals surface area contributed by atoms with Crippen molar-refractivity contribution < 1.29 is 22.7 Å². The van der Waals surface area contributed by atoms with Crippen LogP contribution in [0.4, 0.5) is 13.2 Å². The average Bonchev–Trinajstić information content (AvgIpc) is 2.27. The number of amides is 1. The highest BCUT2D eigenvalue weighted by atomic mass is 19.4. The van der Waals surface area contributed by atoms with E-state index >= 15 is 0 Å². The Labute approximate surface area is 104 Å². The minimum atomic E-state index is -4.40. The number of nitrogens with zero attached hydrogens (tertiary/aromatic N) is 1. The van der Waals surface area contributed by atoms with Crippen molar-refractivity contribution in [3.8, 4) is 0 Å². The van der Waals surface area contributed by atoms with Crippen molar-refractivity contribution in [2.75, 3.05) is 26.3 Å². The quantitative estimate of drug-likeness (QED) is 0.832. The Hall–Kier alpha value is -0.820. The molecule has 7 heteroatoms. The summed E-state index contributed by atoms with van der Waals surface area (Å²) in [5.74, 6) is -0.169. The molecule has 1 aliphatic rings. The Morgan fingerprint density at radius 1 is 1.44 bits per heavy atom. The fourth-order valence-electron chi connectivity index (χ4n) is 2.06. The Kier molecular flexibility index (Phi) is 5.40. The third-order valence-electron chi connectivity index (χ3n) is 3.12. The first kappa shape index (κ1) is 15.2. The van der Waals surface area contributed by atoms with Crippen LogP contribution in [0.1, 0.15) is 19.8 Å². The molecule has 2 N–H and O–H groups in total. The number of likely N-dealkylation sites (tertiary alicyclic amines) is 1. The Morgan fingerprint density at radius 3 is 2.67 bits per heavy atom. The van der Waals surface area contributed by atoms with Gasteiger partial charge in [0.15, 0.2) is 0 Å². The zero-order chi connectivity index (χ0) is 13.8. The molecule has 0 spiro atoms. The summed E-state index contributed by atoms with van der Waals surface area (Å²) in [5.41, 5.74) is 5.55. The smallest absolute Gasteiger partial charge is 0.362 e. The summed E-state index contributed by atoms with van der Waals surface area (Å²) in [5, 5.41) is 0. The monoisotopic (exact) mass is 268 g/mol. The molecule has 0 aromatic carbocycles. The van der Waals surface area contributed by atoms with Gasteiger partial charge in [-0.25, -0.2) is 0 Å². The molecule has 0 aromatic heterocycles. The number of carbonyl (C=O) groups is 1. The van der Waals surface area contributed by atoms with Gasteiger partial charge in [-0.15, -0.1) is 0 Å². The number of ether oxygens (including phenoxy) is 1. The lowest BCUT2D eigenvalue weighted by atomic mass is 9.93. The van der Waals surface area contributed by atoms with Gasteiger partial charge in [-0.05, 0) is 32.2 Å². The molecule has 1 aliphatic heterocycles. The lowest BCUT2D eigenvalue weighted by Crippen LogP contribution is -2.48. The molecule has 18 heavy (non-hydrogen) atoms. The van der Waals surface area contributed by atoms with Crippen LogP contribution in [0.2, 0.25) is 0 Å². The second kappa shape index (κ2) is 6.38. The molecule has 106 valence electrons. The van der Waals surface area contributed by atoms with Crippen LogP contribution in [-0.2, 0) is 9.53 Å². The van der Waals surface area contributed by atoms with Gasteiger partial charge in [0.25, 0.3) is 0 Å². The SMILES string of the molecule is CC1CCC(CN)CN1C(=O)COCC(F)(F)F. The highest BCUT2D eigenvalue weighted by molar-refractivity contribution is 5.77. The third kappa shape index (κ3) is 4.81. The number of carbonyl (C=O) groups excluding carboxylic acids is 1. The number of hydrogen-bond donors (Lipinski definition) is 1. The first-order valence-corrected chi connectivity index (χ1v) is 5.97. The lowest BCUT2D eigenvalue weighted by molar-refractivity contribution is -0.178. The molecule has 0 aromatic rings. The predicted octanol–water partition coefficient (Wildman–Crippen LogP) is 1.15. The van der Waals surface area contributed by atoms with Gasteiger partial charge in [-0.2, -0.15) is 13.2 Å². The molecule has 1 fully saturated rings. The summed E-state index contributed by atoms with van der Waals surface area (Å²) in [6.07, 6.45) is -2.62. The maximum absolute atomic E-state index is 11.9. The maximum Gasteiger partial charge on any atom is 0.411 e. The van der Waals surface area contributed by atoms with Crippen molar-refractivity contribution in [2.45, 2.75) is 32.0 Å². The van der Waals surface area contributed by atoms with Crippen LogP contribution in [0.5, 0.6) is 0 Å². The van der Waals surface area contributed by atoms with Crippen LogP contribution in [-0.4, -0.2) is 49.3 Å².